The van der Waals surface area contributed by atoms with Crippen molar-refractivity contribution in [1.82, 2.24) is 9.80 Å². The highest BCUT2D eigenvalue weighted by molar-refractivity contribution is 7.10. The van der Waals surface area contributed by atoms with Gasteiger partial charge in [-0.1, -0.05) is 36.4 Å². The lowest BCUT2D eigenvalue weighted by atomic mass is 10.0. The molecule has 0 aliphatic carbocycles. The number of ether oxygens (including phenoxy) is 2. The van der Waals surface area contributed by atoms with Crippen LogP contribution in [0.4, 0.5) is 0 Å². The first-order valence-electron chi connectivity index (χ1n) is 10.5. The second kappa shape index (κ2) is 10.1. The third kappa shape index (κ3) is 4.98. The van der Waals surface area contributed by atoms with Crippen molar-refractivity contribution in [1.29, 1.82) is 0 Å². The summed E-state index contributed by atoms with van der Waals surface area (Å²) in [5, 5.41) is 2.10. The number of likely N-dealkylation sites (N-methyl/N-ethyl adjacent to an activating group) is 1. The molecular formula is C25H28N2O3S. The van der Waals surface area contributed by atoms with Gasteiger partial charge >= 0.3 is 0 Å². The molecule has 1 fully saturated rings. The molecular weight excluding hydrogens is 408 g/mol. The van der Waals surface area contributed by atoms with E-state index >= 15 is 0 Å². The summed E-state index contributed by atoms with van der Waals surface area (Å²) in [6.07, 6.45) is 0. The number of thiophene rings is 1. The molecule has 1 unspecified atom stereocenters. The second-order valence-electron chi connectivity index (χ2n) is 7.65. The van der Waals surface area contributed by atoms with Crippen molar-refractivity contribution in [3.63, 3.8) is 0 Å². The molecule has 2 heterocycles. The van der Waals surface area contributed by atoms with Crippen molar-refractivity contribution in [2.45, 2.75) is 6.04 Å². The van der Waals surface area contributed by atoms with E-state index in [1.165, 1.54) is 4.88 Å². The molecule has 0 spiro atoms. The number of carbonyl (C=O) groups is 1. The van der Waals surface area contributed by atoms with E-state index in [1.54, 1.807) is 18.4 Å². The van der Waals surface area contributed by atoms with Crippen molar-refractivity contribution in [3.05, 3.63) is 76.5 Å². The van der Waals surface area contributed by atoms with E-state index in [0.29, 0.717) is 12.1 Å². The van der Waals surface area contributed by atoms with E-state index in [2.05, 4.69) is 22.4 Å². The fraction of sp³-hybridized carbons (Fsp3) is 0.320. The van der Waals surface area contributed by atoms with Gasteiger partial charge in [0.05, 0.1) is 26.4 Å². The van der Waals surface area contributed by atoms with Gasteiger partial charge in [-0.2, -0.15) is 0 Å². The first-order valence-corrected chi connectivity index (χ1v) is 11.4. The van der Waals surface area contributed by atoms with Crippen LogP contribution in [0.25, 0.3) is 11.1 Å². The Morgan fingerprint density at radius 2 is 1.90 bits per heavy atom. The predicted molar refractivity (Wildman–Crippen MR) is 125 cm³/mol. The average Bonchev–Trinajstić information content (AvgIpc) is 3.37. The molecule has 0 radical (unpaired) electrons. The van der Waals surface area contributed by atoms with Crippen LogP contribution >= 0.6 is 11.3 Å². The fourth-order valence-corrected chi connectivity index (χ4v) is 4.85. The first kappa shape index (κ1) is 21.6. The highest BCUT2D eigenvalue weighted by Gasteiger charge is 2.27. The maximum atomic E-state index is 13.4. The first-order chi connectivity index (χ1) is 15.2. The fourth-order valence-electron chi connectivity index (χ4n) is 4.00. The molecule has 1 aromatic heterocycles. The zero-order chi connectivity index (χ0) is 21.6. The summed E-state index contributed by atoms with van der Waals surface area (Å²) in [5.41, 5.74) is 2.61. The average molecular weight is 437 g/mol. The van der Waals surface area contributed by atoms with Crippen LogP contribution in [0, 0.1) is 0 Å². The molecule has 0 N–H and O–H groups in total. The summed E-state index contributed by atoms with van der Waals surface area (Å²) in [7, 11) is 3.54. The number of nitrogens with zero attached hydrogens (tertiary/aromatic N) is 2. The summed E-state index contributed by atoms with van der Waals surface area (Å²) in [6, 6.07) is 20.1. The van der Waals surface area contributed by atoms with Gasteiger partial charge in [-0.05, 0) is 35.2 Å². The van der Waals surface area contributed by atoms with Crippen LogP contribution in [0.1, 0.15) is 21.3 Å². The molecule has 1 atom stereocenters. The molecule has 1 amide bonds. The number of amides is 1. The Morgan fingerprint density at radius 1 is 1.13 bits per heavy atom. The van der Waals surface area contributed by atoms with E-state index in [-0.39, 0.29) is 11.9 Å². The molecule has 2 aromatic carbocycles. The largest absolute Gasteiger partial charge is 0.496 e. The number of morpholine rings is 1. The minimum absolute atomic E-state index is 0.00893. The normalized spacial score (nSPS) is 15.4. The maximum Gasteiger partial charge on any atom is 0.253 e. The van der Waals surface area contributed by atoms with Gasteiger partial charge in [0, 0.05) is 42.7 Å². The van der Waals surface area contributed by atoms with E-state index in [1.807, 2.05) is 60.5 Å². The number of rotatable bonds is 7. The standard InChI is InChI=1S/C25H28N2O3S/c1-26(18-22(24-9-6-16-31-24)27-12-14-30-15-13-27)25(28)20-10-11-23(29-2)21(17-20)19-7-4-3-5-8-19/h3-11,16-17,22H,12-15,18H2,1-2H3. The van der Waals surface area contributed by atoms with Crippen LogP contribution in [0.15, 0.2) is 66.0 Å². The Morgan fingerprint density at radius 3 is 2.58 bits per heavy atom. The lowest BCUT2D eigenvalue weighted by Crippen LogP contribution is -2.44. The molecule has 1 aliphatic heterocycles. The zero-order valence-corrected chi connectivity index (χ0v) is 18.8. The van der Waals surface area contributed by atoms with Crippen LogP contribution in [0.2, 0.25) is 0 Å². The molecule has 162 valence electrons. The highest BCUT2D eigenvalue weighted by Crippen LogP contribution is 2.32. The van der Waals surface area contributed by atoms with Gasteiger partial charge in [0.25, 0.3) is 5.91 Å². The number of hydrogen-bond donors (Lipinski definition) is 0. The van der Waals surface area contributed by atoms with E-state index in [9.17, 15) is 4.79 Å². The van der Waals surface area contributed by atoms with Gasteiger partial charge < -0.3 is 14.4 Å². The smallest absolute Gasteiger partial charge is 0.253 e. The molecule has 1 aliphatic rings. The lowest BCUT2D eigenvalue weighted by molar-refractivity contribution is 0.0104. The van der Waals surface area contributed by atoms with Crippen LogP contribution in [-0.4, -0.2) is 62.7 Å². The van der Waals surface area contributed by atoms with Gasteiger partial charge in [-0.3, -0.25) is 9.69 Å². The van der Waals surface area contributed by atoms with E-state index < -0.39 is 0 Å². The minimum Gasteiger partial charge on any atom is -0.496 e. The molecule has 3 aromatic rings. The molecule has 0 saturated carbocycles. The van der Waals surface area contributed by atoms with Gasteiger partial charge in [0.15, 0.2) is 0 Å². The van der Waals surface area contributed by atoms with E-state index in [0.717, 1.165) is 43.2 Å². The summed E-state index contributed by atoms with van der Waals surface area (Å²) < 4.78 is 11.1. The third-order valence-corrected chi connectivity index (χ3v) is 6.66. The van der Waals surface area contributed by atoms with Crippen molar-refractivity contribution in [2.75, 3.05) is 47.0 Å². The van der Waals surface area contributed by atoms with Gasteiger partial charge in [-0.25, -0.2) is 0 Å². The van der Waals surface area contributed by atoms with Crippen LogP contribution in [-0.2, 0) is 4.74 Å². The third-order valence-electron chi connectivity index (χ3n) is 5.68. The van der Waals surface area contributed by atoms with Crippen molar-refractivity contribution < 1.29 is 14.3 Å². The SMILES string of the molecule is COc1ccc(C(=O)N(C)CC(c2cccs2)N2CCOCC2)cc1-c1ccccc1. The summed E-state index contributed by atoms with van der Waals surface area (Å²) >= 11 is 1.74. The monoisotopic (exact) mass is 436 g/mol. The van der Waals surface area contributed by atoms with Gasteiger partial charge in [0.2, 0.25) is 0 Å². The molecule has 31 heavy (non-hydrogen) atoms. The summed E-state index contributed by atoms with van der Waals surface area (Å²) in [6.45, 7) is 3.86. The minimum atomic E-state index is 0.00893. The van der Waals surface area contributed by atoms with Gasteiger partial charge in [-0.15, -0.1) is 11.3 Å². The Kier molecular flexibility index (Phi) is 7.02. The van der Waals surface area contributed by atoms with Crippen LogP contribution in [0.3, 0.4) is 0 Å². The van der Waals surface area contributed by atoms with Crippen molar-refractivity contribution in [2.24, 2.45) is 0 Å². The van der Waals surface area contributed by atoms with Gasteiger partial charge in [0.1, 0.15) is 5.75 Å². The molecule has 1 saturated heterocycles. The Hall–Kier alpha value is -2.67. The Bertz CT molecular complexity index is 985. The summed E-state index contributed by atoms with van der Waals surface area (Å²) in [5.74, 6) is 0.768. The number of hydrogen-bond acceptors (Lipinski definition) is 5. The quantitative estimate of drug-likeness (QED) is 0.544. The lowest BCUT2D eigenvalue weighted by Gasteiger charge is -2.36. The maximum absolute atomic E-state index is 13.4. The van der Waals surface area contributed by atoms with Crippen LogP contribution in [0.5, 0.6) is 5.75 Å². The number of methoxy groups -OCH3 is 1. The van der Waals surface area contributed by atoms with Crippen molar-refractivity contribution in [3.8, 4) is 16.9 Å². The van der Waals surface area contributed by atoms with Crippen LogP contribution < -0.4 is 4.74 Å². The Labute approximate surface area is 187 Å². The summed E-state index contributed by atoms with van der Waals surface area (Å²) in [4.78, 5) is 18.9. The number of benzene rings is 2. The van der Waals surface area contributed by atoms with E-state index in [4.69, 9.17) is 9.47 Å². The molecule has 0 bridgehead atoms. The Balaban J connectivity index is 1.57. The molecule has 4 rings (SSSR count). The molecule has 6 heteroatoms. The highest BCUT2D eigenvalue weighted by atomic mass is 32.1. The predicted octanol–water partition coefficient (Wildman–Crippen LogP) is 4.57. The molecule has 5 nitrogen and oxygen atoms in total. The second-order valence-corrected chi connectivity index (χ2v) is 8.63. The zero-order valence-electron chi connectivity index (χ0n) is 18.0. The number of carbonyl (C=O) groups excluding carboxylic acids is 1. The topological polar surface area (TPSA) is 42.0 Å². The van der Waals surface area contributed by atoms with Crippen molar-refractivity contribution >= 4 is 17.2 Å².